The zero-order chi connectivity index (χ0) is 17.6. The van der Waals surface area contributed by atoms with Gasteiger partial charge in [0.1, 0.15) is 0 Å². The van der Waals surface area contributed by atoms with Gasteiger partial charge in [-0.25, -0.2) is 0 Å². The second-order valence-corrected chi connectivity index (χ2v) is 6.86. The second-order valence-electron chi connectivity index (χ2n) is 6.86. The quantitative estimate of drug-likeness (QED) is 0.355. The van der Waals surface area contributed by atoms with Crippen LogP contribution in [-0.4, -0.2) is 29.1 Å². The highest BCUT2D eigenvalue weighted by atomic mass is 16.5. The van der Waals surface area contributed by atoms with Crippen molar-refractivity contribution in [1.29, 1.82) is 0 Å². The third-order valence-electron chi connectivity index (χ3n) is 4.58. The monoisotopic (exact) mass is 338 g/mol. The number of hydrogen-bond acceptors (Lipinski definition) is 3. The van der Waals surface area contributed by atoms with E-state index in [9.17, 15) is 9.59 Å². The number of allylic oxidation sites excluding steroid dienone is 1. The van der Waals surface area contributed by atoms with Crippen molar-refractivity contribution in [2.24, 2.45) is 0 Å². The molecule has 0 bridgehead atoms. The van der Waals surface area contributed by atoms with Gasteiger partial charge in [-0.15, -0.1) is 0 Å². The Morgan fingerprint density at radius 1 is 1.00 bits per heavy atom. The number of carboxylic acids is 1. The molecule has 0 saturated carbocycles. The molecule has 1 heterocycles. The maximum Gasteiger partial charge on any atom is 0.303 e. The summed E-state index contributed by atoms with van der Waals surface area (Å²) in [5.41, 5.74) is 0. The van der Waals surface area contributed by atoms with Gasteiger partial charge in [0.25, 0.3) is 0 Å². The number of rotatable bonds is 14. The maximum atomic E-state index is 11.7. The number of carboxylic acid groups (broad SMARTS) is 1. The van der Waals surface area contributed by atoms with Crippen LogP contribution in [0, 0.1) is 0 Å². The number of unbranched alkanes of at least 4 members (excludes halogenated alkanes) is 6. The van der Waals surface area contributed by atoms with Crippen molar-refractivity contribution >= 4 is 11.8 Å². The minimum Gasteiger partial charge on any atom is -0.481 e. The van der Waals surface area contributed by atoms with Crippen LogP contribution in [0.3, 0.4) is 0 Å². The smallest absolute Gasteiger partial charge is 0.303 e. The summed E-state index contributed by atoms with van der Waals surface area (Å²) in [5, 5.41) is 8.57. The Labute approximate surface area is 146 Å². The Hall–Kier alpha value is -1.16. The van der Waals surface area contributed by atoms with Crippen LogP contribution in [0.25, 0.3) is 0 Å². The Morgan fingerprint density at radius 3 is 2.46 bits per heavy atom. The third kappa shape index (κ3) is 10.6. The van der Waals surface area contributed by atoms with Crippen molar-refractivity contribution in [3.63, 3.8) is 0 Å². The average molecular weight is 338 g/mol. The first-order valence-electron chi connectivity index (χ1n) is 9.70. The summed E-state index contributed by atoms with van der Waals surface area (Å²) < 4.78 is 5.98. The van der Waals surface area contributed by atoms with E-state index in [1.807, 2.05) is 6.08 Å². The van der Waals surface area contributed by atoms with E-state index in [4.69, 9.17) is 9.84 Å². The van der Waals surface area contributed by atoms with Crippen LogP contribution in [0.15, 0.2) is 12.2 Å². The Morgan fingerprint density at radius 2 is 1.71 bits per heavy atom. The lowest BCUT2D eigenvalue weighted by atomic mass is 10.0. The topological polar surface area (TPSA) is 63.6 Å². The van der Waals surface area contributed by atoms with E-state index < -0.39 is 5.97 Å². The summed E-state index contributed by atoms with van der Waals surface area (Å²) in [4.78, 5) is 22.1. The van der Waals surface area contributed by atoms with Gasteiger partial charge < -0.3 is 9.84 Å². The number of hydrogen-bond donors (Lipinski definition) is 1. The Balaban J connectivity index is 2.03. The SMILES string of the molecule is CCCCCC(=O)/C=C/C1CCC(CCCCCCCC(=O)O)O1. The number of ketones is 1. The molecule has 1 aliphatic rings. The molecule has 0 spiro atoms. The molecule has 1 N–H and O–H groups in total. The molecule has 1 saturated heterocycles. The summed E-state index contributed by atoms with van der Waals surface area (Å²) in [5.74, 6) is -0.478. The molecule has 2 unspecified atom stereocenters. The van der Waals surface area contributed by atoms with Gasteiger partial charge in [0.15, 0.2) is 5.78 Å². The van der Waals surface area contributed by atoms with Crippen LogP contribution in [0.2, 0.25) is 0 Å². The molecular formula is C20H34O4. The van der Waals surface area contributed by atoms with Gasteiger partial charge in [-0.2, -0.15) is 0 Å². The Kier molecular flexibility index (Phi) is 11.5. The van der Waals surface area contributed by atoms with E-state index in [-0.39, 0.29) is 18.3 Å². The van der Waals surface area contributed by atoms with Gasteiger partial charge >= 0.3 is 5.97 Å². The molecule has 0 radical (unpaired) electrons. The first-order chi connectivity index (χ1) is 11.6. The minimum atomic E-state index is -0.697. The van der Waals surface area contributed by atoms with Crippen LogP contribution in [-0.2, 0) is 14.3 Å². The molecule has 4 heteroatoms. The van der Waals surface area contributed by atoms with E-state index in [1.165, 1.54) is 0 Å². The summed E-state index contributed by atoms with van der Waals surface area (Å²) in [7, 11) is 0. The fourth-order valence-corrected chi connectivity index (χ4v) is 3.11. The van der Waals surface area contributed by atoms with Gasteiger partial charge in [0, 0.05) is 12.8 Å². The van der Waals surface area contributed by atoms with Crippen molar-refractivity contribution in [1.82, 2.24) is 0 Å². The maximum absolute atomic E-state index is 11.7. The number of ether oxygens (including phenoxy) is 1. The first-order valence-corrected chi connectivity index (χ1v) is 9.70. The zero-order valence-electron chi connectivity index (χ0n) is 15.2. The number of carbonyl (C=O) groups is 2. The van der Waals surface area contributed by atoms with E-state index in [2.05, 4.69) is 6.92 Å². The van der Waals surface area contributed by atoms with Gasteiger partial charge in [-0.3, -0.25) is 9.59 Å². The van der Waals surface area contributed by atoms with Crippen molar-refractivity contribution in [2.45, 2.75) is 103 Å². The molecule has 138 valence electrons. The fourth-order valence-electron chi connectivity index (χ4n) is 3.11. The molecule has 0 aromatic rings. The molecule has 4 nitrogen and oxygen atoms in total. The largest absolute Gasteiger partial charge is 0.481 e. The summed E-state index contributed by atoms with van der Waals surface area (Å²) in [6.07, 6.45) is 16.7. The van der Waals surface area contributed by atoms with Gasteiger partial charge in [-0.05, 0) is 38.2 Å². The van der Waals surface area contributed by atoms with Crippen molar-refractivity contribution in [3.8, 4) is 0 Å². The Bertz CT molecular complexity index is 389. The fraction of sp³-hybridized carbons (Fsp3) is 0.800. The number of carbonyl (C=O) groups excluding carboxylic acids is 1. The minimum absolute atomic E-state index is 0.112. The van der Waals surface area contributed by atoms with E-state index in [1.54, 1.807) is 6.08 Å². The van der Waals surface area contributed by atoms with Crippen LogP contribution in [0.1, 0.15) is 90.4 Å². The van der Waals surface area contributed by atoms with Gasteiger partial charge in [0.05, 0.1) is 12.2 Å². The second kappa shape index (κ2) is 13.2. The molecule has 24 heavy (non-hydrogen) atoms. The molecule has 1 rings (SSSR count). The summed E-state index contributed by atoms with van der Waals surface area (Å²) in [6, 6.07) is 0. The van der Waals surface area contributed by atoms with E-state index in [0.29, 0.717) is 12.5 Å². The molecule has 0 amide bonds. The molecule has 1 fully saturated rings. The van der Waals surface area contributed by atoms with Gasteiger partial charge in [0.2, 0.25) is 0 Å². The lowest BCUT2D eigenvalue weighted by Gasteiger charge is -2.11. The molecule has 0 aromatic heterocycles. The predicted octanol–water partition coefficient (Wildman–Crippen LogP) is 5.05. The van der Waals surface area contributed by atoms with Crippen molar-refractivity contribution in [3.05, 3.63) is 12.2 Å². The highest BCUT2D eigenvalue weighted by molar-refractivity contribution is 5.89. The van der Waals surface area contributed by atoms with Crippen molar-refractivity contribution < 1.29 is 19.4 Å². The highest BCUT2D eigenvalue weighted by Gasteiger charge is 2.22. The van der Waals surface area contributed by atoms with Crippen LogP contribution in [0.4, 0.5) is 0 Å². The third-order valence-corrected chi connectivity index (χ3v) is 4.58. The molecule has 1 aliphatic heterocycles. The van der Waals surface area contributed by atoms with Crippen molar-refractivity contribution in [2.75, 3.05) is 0 Å². The summed E-state index contributed by atoms with van der Waals surface area (Å²) >= 11 is 0. The first kappa shape index (κ1) is 20.9. The van der Waals surface area contributed by atoms with Crippen LogP contribution in [0.5, 0.6) is 0 Å². The van der Waals surface area contributed by atoms with E-state index >= 15 is 0 Å². The molecule has 0 aliphatic carbocycles. The molecule has 2 atom stereocenters. The highest BCUT2D eigenvalue weighted by Crippen LogP contribution is 2.25. The lowest BCUT2D eigenvalue weighted by Crippen LogP contribution is -2.09. The molecular weight excluding hydrogens is 304 g/mol. The standard InChI is InChI=1S/C20H34O4/c1-2-3-7-10-17(21)13-14-19-16-15-18(24-19)11-8-5-4-6-9-12-20(22)23/h13-14,18-19H,2-12,15-16H2,1H3,(H,22,23)/b14-13+. The zero-order valence-corrected chi connectivity index (χ0v) is 15.2. The van der Waals surface area contributed by atoms with Crippen LogP contribution < -0.4 is 0 Å². The number of aliphatic carboxylic acids is 1. The molecule has 0 aromatic carbocycles. The van der Waals surface area contributed by atoms with E-state index in [0.717, 1.165) is 70.6 Å². The normalized spacial score (nSPS) is 20.7. The predicted molar refractivity (Wildman–Crippen MR) is 96.1 cm³/mol. The van der Waals surface area contributed by atoms with Gasteiger partial charge in [-0.1, -0.05) is 51.5 Å². The van der Waals surface area contributed by atoms with Crippen LogP contribution >= 0.6 is 0 Å². The summed E-state index contributed by atoms with van der Waals surface area (Å²) in [6.45, 7) is 2.14. The average Bonchev–Trinajstić information content (AvgIpc) is 3.00. The lowest BCUT2D eigenvalue weighted by molar-refractivity contribution is -0.137.